The van der Waals surface area contributed by atoms with Gasteiger partial charge in [0.2, 0.25) is 0 Å². The molecule has 0 saturated heterocycles. The first-order chi connectivity index (χ1) is 8.13. The van der Waals surface area contributed by atoms with Gasteiger partial charge in [0.1, 0.15) is 5.75 Å². The minimum absolute atomic E-state index is 0.336. The molecule has 0 fully saturated rings. The van der Waals surface area contributed by atoms with Crippen molar-refractivity contribution in [1.29, 1.82) is 0 Å². The maximum atomic E-state index is 9.12. The molecule has 0 aliphatic rings. The first-order valence-corrected chi connectivity index (χ1v) is 6.31. The molecular formula is C13H20ClNO2. The van der Waals surface area contributed by atoms with Crippen LogP contribution in [0.4, 0.5) is 0 Å². The fraction of sp³-hybridized carbons (Fsp3) is 0.538. The van der Waals surface area contributed by atoms with Crippen LogP contribution in [0.1, 0.15) is 25.8 Å². The van der Waals surface area contributed by atoms with Gasteiger partial charge in [0.25, 0.3) is 0 Å². The Kier molecular flexibility index (Phi) is 6.34. The first-order valence-electron chi connectivity index (χ1n) is 5.93. The van der Waals surface area contributed by atoms with E-state index in [9.17, 15) is 0 Å². The number of hydrogen-bond donors (Lipinski definition) is 2. The van der Waals surface area contributed by atoms with Gasteiger partial charge in [-0.05, 0) is 31.0 Å². The van der Waals surface area contributed by atoms with Gasteiger partial charge in [-0.3, -0.25) is 0 Å². The summed E-state index contributed by atoms with van der Waals surface area (Å²) in [5.74, 6) is 0.729. The number of halogens is 1. The summed E-state index contributed by atoms with van der Waals surface area (Å²) in [5.41, 5.74) is 1.08. The Morgan fingerprint density at radius 3 is 2.82 bits per heavy atom. The van der Waals surface area contributed by atoms with E-state index in [0.717, 1.165) is 17.7 Å². The minimum Gasteiger partial charge on any atom is -0.492 e. The number of aliphatic hydroxyl groups excluding tert-OH is 1. The molecule has 0 radical (unpaired) electrons. The lowest BCUT2D eigenvalue weighted by atomic mass is 10.2. The Morgan fingerprint density at radius 2 is 2.24 bits per heavy atom. The quantitative estimate of drug-likeness (QED) is 0.789. The highest BCUT2D eigenvalue weighted by Gasteiger charge is 2.03. The number of nitrogens with one attached hydrogen (secondary N) is 1. The molecule has 0 aromatic heterocycles. The lowest BCUT2D eigenvalue weighted by Gasteiger charge is -2.10. The van der Waals surface area contributed by atoms with Crippen molar-refractivity contribution in [2.24, 2.45) is 0 Å². The van der Waals surface area contributed by atoms with E-state index in [1.54, 1.807) is 6.92 Å². The molecule has 96 valence electrons. The van der Waals surface area contributed by atoms with Crippen molar-refractivity contribution in [3.8, 4) is 5.75 Å². The first kappa shape index (κ1) is 14.3. The van der Waals surface area contributed by atoms with Gasteiger partial charge in [0.15, 0.2) is 0 Å². The third-order valence-corrected chi connectivity index (χ3v) is 2.52. The molecular weight excluding hydrogens is 238 g/mol. The zero-order chi connectivity index (χ0) is 12.7. The second-order valence-electron chi connectivity index (χ2n) is 4.09. The molecule has 3 nitrogen and oxygen atoms in total. The highest BCUT2D eigenvalue weighted by molar-refractivity contribution is 6.32. The van der Waals surface area contributed by atoms with E-state index in [1.807, 2.05) is 18.2 Å². The summed E-state index contributed by atoms with van der Waals surface area (Å²) in [7, 11) is 0. The fourth-order valence-electron chi connectivity index (χ4n) is 1.41. The molecule has 0 amide bonds. The Hall–Kier alpha value is -0.770. The van der Waals surface area contributed by atoms with Crippen molar-refractivity contribution in [1.82, 2.24) is 5.32 Å². The molecule has 0 aliphatic heterocycles. The van der Waals surface area contributed by atoms with Crippen molar-refractivity contribution in [2.45, 2.75) is 32.9 Å². The largest absolute Gasteiger partial charge is 0.492 e. The van der Waals surface area contributed by atoms with Crippen LogP contribution in [0.5, 0.6) is 5.75 Å². The lowest BCUT2D eigenvalue weighted by molar-refractivity contribution is 0.191. The van der Waals surface area contributed by atoms with Gasteiger partial charge in [0.05, 0.1) is 17.7 Å². The average molecular weight is 258 g/mol. The van der Waals surface area contributed by atoms with E-state index in [-0.39, 0.29) is 6.10 Å². The van der Waals surface area contributed by atoms with Crippen LogP contribution >= 0.6 is 11.6 Å². The second kappa shape index (κ2) is 7.54. The molecule has 17 heavy (non-hydrogen) atoms. The van der Waals surface area contributed by atoms with Gasteiger partial charge < -0.3 is 15.2 Å². The zero-order valence-electron chi connectivity index (χ0n) is 10.4. The summed E-state index contributed by atoms with van der Waals surface area (Å²) in [6, 6.07) is 5.75. The van der Waals surface area contributed by atoms with E-state index in [0.29, 0.717) is 24.7 Å². The number of rotatable bonds is 7. The molecule has 0 bridgehead atoms. The molecule has 0 spiro atoms. The van der Waals surface area contributed by atoms with Crippen molar-refractivity contribution in [3.63, 3.8) is 0 Å². The van der Waals surface area contributed by atoms with Gasteiger partial charge in [-0.1, -0.05) is 24.6 Å². The highest BCUT2D eigenvalue weighted by Crippen LogP contribution is 2.25. The maximum absolute atomic E-state index is 9.12. The van der Waals surface area contributed by atoms with Crippen molar-refractivity contribution in [3.05, 3.63) is 28.8 Å². The van der Waals surface area contributed by atoms with Gasteiger partial charge in [-0.15, -0.1) is 0 Å². The Morgan fingerprint density at radius 1 is 1.47 bits per heavy atom. The summed E-state index contributed by atoms with van der Waals surface area (Å²) < 4.78 is 5.49. The van der Waals surface area contributed by atoms with Crippen LogP contribution in [-0.2, 0) is 6.54 Å². The van der Waals surface area contributed by atoms with E-state index in [2.05, 4.69) is 12.2 Å². The molecule has 2 N–H and O–H groups in total. The highest BCUT2D eigenvalue weighted by atomic mass is 35.5. The van der Waals surface area contributed by atoms with Crippen LogP contribution in [-0.4, -0.2) is 24.4 Å². The Labute approximate surface area is 108 Å². The van der Waals surface area contributed by atoms with Crippen LogP contribution in [0, 0.1) is 0 Å². The summed E-state index contributed by atoms with van der Waals surface area (Å²) in [4.78, 5) is 0. The van der Waals surface area contributed by atoms with Crippen LogP contribution in [0.2, 0.25) is 5.02 Å². The van der Waals surface area contributed by atoms with Gasteiger partial charge in [-0.2, -0.15) is 0 Å². The molecule has 0 heterocycles. The predicted octanol–water partition coefficient (Wildman–Crippen LogP) is 2.60. The van der Waals surface area contributed by atoms with Crippen molar-refractivity contribution < 1.29 is 9.84 Å². The van der Waals surface area contributed by atoms with Crippen molar-refractivity contribution >= 4 is 11.6 Å². The number of ether oxygens (including phenoxy) is 1. The predicted molar refractivity (Wildman–Crippen MR) is 70.6 cm³/mol. The topological polar surface area (TPSA) is 41.5 Å². The van der Waals surface area contributed by atoms with Crippen molar-refractivity contribution in [2.75, 3.05) is 13.2 Å². The standard InChI is InChI=1S/C13H20ClNO2/c1-3-6-17-13-5-4-11(7-12(13)14)9-15-8-10(2)16/h4-5,7,10,15-16H,3,6,8-9H2,1-2H3/t10-/m1/s1. The van der Waals surface area contributed by atoms with E-state index < -0.39 is 0 Å². The molecule has 1 aromatic rings. The zero-order valence-corrected chi connectivity index (χ0v) is 11.1. The third kappa shape index (κ3) is 5.39. The monoisotopic (exact) mass is 257 g/mol. The average Bonchev–Trinajstić information content (AvgIpc) is 2.27. The number of benzene rings is 1. The van der Waals surface area contributed by atoms with E-state index in [1.165, 1.54) is 0 Å². The van der Waals surface area contributed by atoms with Gasteiger partial charge >= 0.3 is 0 Å². The van der Waals surface area contributed by atoms with E-state index >= 15 is 0 Å². The van der Waals surface area contributed by atoms with Crippen LogP contribution in [0.15, 0.2) is 18.2 Å². The molecule has 1 rings (SSSR count). The van der Waals surface area contributed by atoms with Crippen LogP contribution < -0.4 is 10.1 Å². The molecule has 1 aromatic carbocycles. The van der Waals surface area contributed by atoms with Gasteiger partial charge in [-0.25, -0.2) is 0 Å². The fourth-order valence-corrected chi connectivity index (χ4v) is 1.67. The van der Waals surface area contributed by atoms with Gasteiger partial charge in [0, 0.05) is 13.1 Å². The normalized spacial score (nSPS) is 12.5. The summed E-state index contributed by atoms with van der Waals surface area (Å²) in [6.07, 6.45) is 0.631. The molecule has 1 atom stereocenters. The molecule has 0 aliphatic carbocycles. The molecule has 0 saturated carbocycles. The summed E-state index contributed by atoms with van der Waals surface area (Å²) in [6.45, 7) is 5.76. The third-order valence-electron chi connectivity index (χ3n) is 2.23. The smallest absolute Gasteiger partial charge is 0.137 e. The molecule has 0 unspecified atom stereocenters. The van der Waals surface area contributed by atoms with Crippen LogP contribution in [0.3, 0.4) is 0 Å². The Bertz CT molecular complexity index is 342. The minimum atomic E-state index is -0.336. The van der Waals surface area contributed by atoms with Crippen LogP contribution in [0.25, 0.3) is 0 Å². The molecule has 4 heteroatoms. The van der Waals surface area contributed by atoms with E-state index in [4.69, 9.17) is 21.4 Å². The lowest BCUT2D eigenvalue weighted by Crippen LogP contribution is -2.23. The number of hydrogen-bond acceptors (Lipinski definition) is 3. The Balaban J connectivity index is 2.50. The number of aliphatic hydroxyl groups is 1. The SMILES string of the molecule is CCCOc1ccc(CNC[C@@H](C)O)cc1Cl. The summed E-state index contributed by atoms with van der Waals surface area (Å²) >= 11 is 6.10. The maximum Gasteiger partial charge on any atom is 0.137 e. The second-order valence-corrected chi connectivity index (χ2v) is 4.50. The summed E-state index contributed by atoms with van der Waals surface area (Å²) in [5, 5.41) is 12.9.